The van der Waals surface area contributed by atoms with Crippen LogP contribution in [0.25, 0.3) is 10.8 Å². The molecule has 0 amide bonds. The lowest BCUT2D eigenvalue weighted by Gasteiger charge is -2.32. The highest BCUT2D eigenvalue weighted by Crippen LogP contribution is 2.35. The maximum absolute atomic E-state index is 6.03. The number of benzene rings is 2. The number of rotatable bonds is 0. The second kappa shape index (κ2) is 3.24. The number of ether oxygens (including phenoxy) is 1. The van der Waals surface area contributed by atoms with Gasteiger partial charge < -0.3 is 4.74 Å². The first kappa shape index (κ1) is 9.71. The molecule has 0 aliphatic carbocycles. The van der Waals surface area contributed by atoms with Crippen LogP contribution >= 0.6 is 0 Å². The summed E-state index contributed by atoms with van der Waals surface area (Å²) in [6.07, 6.45) is 2.21. The average molecular weight is 212 g/mol. The summed E-state index contributed by atoms with van der Waals surface area (Å²) < 4.78 is 6.03. The molecule has 0 aromatic heterocycles. The van der Waals surface area contributed by atoms with E-state index in [1.807, 2.05) is 0 Å². The number of hydrogen-bond acceptors (Lipinski definition) is 1. The zero-order valence-corrected chi connectivity index (χ0v) is 9.79. The second-order valence-corrected chi connectivity index (χ2v) is 5.17. The third-order valence-corrected chi connectivity index (χ3v) is 3.31. The second-order valence-electron chi connectivity index (χ2n) is 5.17. The fourth-order valence-corrected chi connectivity index (χ4v) is 2.34. The Bertz CT molecular complexity index is 540. The first-order chi connectivity index (χ1) is 7.64. The van der Waals surface area contributed by atoms with Gasteiger partial charge in [-0.1, -0.05) is 24.3 Å². The zero-order valence-electron chi connectivity index (χ0n) is 9.79. The smallest absolute Gasteiger partial charge is 0.123 e. The van der Waals surface area contributed by atoms with Gasteiger partial charge in [0.15, 0.2) is 0 Å². The third-order valence-electron chi connectivity index (χ3n) is 3.31. The Balaban J connectivity index is 2.17. The number of aryl methyl sites for hydroxylation is 1. The van der Waals surface area contributed by atoms with Gasteiger partial charge in [0.2, 0.25) is 0 Å². The molecule has 1 aliphatic heterocycles. The minimum absolute atomic E-state index is 0.0184. The summed E-state index contributed by atoms with van der Waals surface area (Å²) in [6, 6.07) is 12.9. The molecule has 3 rings (SSSR count). The van der Waals surface area contributed by atoms with E-state index in [2.05, 4.69) is 50.2 Å². The molecular weight excluding hydrogens is 196 g/mol. The van der Waals surface area contributed by atoms with E-state index in [0.29, 0.717) is 0 Å². The largest absolute Gasteiger partial charge is 0.488 e. The van der Waals surface area contributed by atoms with Gasteiger partial charge in [-0.15, -0.1) is 0 Å². The monoisotopic (exact) mass is 212 g/mol. The molecule has 0 fully saturated rings. The van der Waals surface area contributed by atoms with Crippen molar-refractivity contribution in [3.05, 3.63) is 42.0 Å². The van der Waals surface area contributed by atoms with Crippen LogP contribution in [0.5, 0.6) is 5.75 Å². The van der Waals surface area contributed by atoms with Crippen molar-refractivity contribution in [2.75, 3.05) is 0 Å². The predicted octanol–water partition coefficient (Wildman–Crippen LogP) is 3.94. The van der Waals surface area contributed by atoms with E-state index in [1.165, 1.54) is 16.3 Å². The number of fused-ring (bicyclic) bond motifs is 2. The van der Waals surface area contributed by atoms with E-state index in [4.69, 9.17) is 4.74 Å². The van der Waals surface area contributed by atoms with Crippen LogP contribution in [0.15, 0.2) is 36.4 Å². The summed E-state index contributed by atoms with van der Waals surface area (Å²) in [5.41, 5.74) is 1.33. The quantitative estimate of drug-likeness (QED) is 0.642. The van der Waals surface area contributed by atoms with Gasteiger partial charge in [0, 0.05) is 0 Å². The molecule has 16 heavy (non-hydrogen) atoms. The summed E-state index contributed by atoms with van der Waals surface area (Å²) in [7, 11) is 0. The summed E-state index contributed by atoms with van der Waals surface area (Å²) in [5, 5.41) is 2.57. The SMILES string of the molecule is CC1(C)CCc2cc3ccccc3cc2O1. The summed E-state index contributed by atoms with van der Waals surface area (Å²) in [5.74, 6) is 1.06. The Morgan fingerprint density at radius 2 is 1.75 bits per heavy atom. The molecule has 2 aromatic carbocycles. The van der Waals surface area contributed by atoms with Gasteiger partial charge in [-0.3, -0.25) is 0 Å². The molecule has 0 spiro atoms. The van der Waals surface area contributed by atoms with Gasteiger partial charge in [-0.05, 0) is 55.2 Å². The van der Waals surface area contributed by atoms with Crippen LogP contribution in [-0.2, 0) is 6.42 Å². The van der Waals surface area contributed by atoms with Crippen molar-refractivity contribution >= 4 is 10.8 Å². The normalized spacial score (nSPS) is 17.9. The Morgan fingerprint density at radius 3 is 2.50 bits per heavy atom. The Labute approximate surface area is 96.0 Å². The molecule has 82 valence electrons. The Kier molecular flexibility index (Phi) is 1.97. The lowest BCUT2D eigenvalue weighted by atomic mass is 9.93. The summed E-state index contributed by atoms with van der Waals surface area (Å²) >= 11 is 0. The van der Waals surface area contributed by atoms with Crippen molar-refractivity contribution in [2.24, 2.45) is 0 Å². The van der Waals surface area contributed by atoms with Gasteiger partial charge in [-0.2, -0.15) is 0 Å². The molecule has 0 N–H and O–H groups in total. The molecular formula is C15H16O. The van der Waals surface area contributed by atoms with Crippen LogP contribution in [0.2, 0.25) is 0 Å². The highest BCUT2D eigenvalue weighted by atomic mass is 16.5. The van der Waals surface area contributed by atoms with E-state index in [1.54, 1.807) is 0 Å². The molecule has 1 heterocycles. The highest BCUT2D eigenvalue weighted by molar-refractivity contribution is 5.85. The molecule has 1 aliphatic rings. The molecule has 0 saturated carbocycles. The van der Waals surface area contributed by atoms with Crippen LogP contribution < -0.4 is 4.74 Å². The van der Waals surface area contributed by atoms with Gasteiger partial charge in [0.05, 0.1) is 0 Å². The van der Waals surface area contributed by atoms with Crippen molar-refractivity contribution in [3.8, 4) is 5.75 Å². The van der Waals surface area contributed by atoms with Crippen LogP contribution in [-0.4, -0.2) is 5.60 Å². The highest BCUT2D eigenvalue weighted by Gasteiger charge is 2.26. The number of hydrogen-bond donors (Lipinski definition) is 0. The molecule has 0 unspecified atom stereocenters. The fourth-order valence-electron chi connectivity index (χ4n) is 2.34. The van der Waals surface area contributed by atoms with Crippen molar-refractivity contribution in [1.29, 1.82) is 0 Å². The molecule has 0 radical (unpaired) electrons. The Morgan fingerprint density at radius 1 is 1.06 bits per heavy atom. The van der Waals surface area contributed by atoms with E-state index in [-0.39, 0.29) is 5.60 Å². The fraction of sp³-hybridized carbons (Fsp3) is 0.333. The van der Waals surface area contributed by atoms with Gasteiger partial charge >= 0.3 is 0 Å². The zero-order chi connectivity index (χ0) is 11.2. The van der Waals surface area contributed by atoms with E-state index >= 15 is 0 Å². The molecule has 0 saturated heterocycles. The molecule has 1 heteroatoms. The maximum atomic E-state index is 6.03. The van der Waals surface area contributed by atoms with E-state index in [9.17, 15) is 0 Å². The van der Waals surface area contributed by atoms with Gasteiger partial charge in [-0.25, -0.2) is 0 Å². The minimum Gasteiger partial charge on any atom is -0.488 e. The standard InChI is InChI=1S/C15H16O/c1-15(2)8-7-13-9-11-5-3-4-6-12(11)10-14(13)16-15/h3-6,9-10H,7-8H2,1-2H3. The lowest BCUT2D eigenvalue weighted by molar-refractivity contribution is 0.0849. The van der Waals surface area contributed by atoms with Crippen LogP contribution in [0.1, 0.15) is 25.8 Å². The summed E-state index contributed by atoms with van der Waals surface area (Å²) in [4.78, 5) is 0. The van der Waals surface area contributed by atoms with Gasteiger partial charge in [0.1, 0.15) is 11.4 Å². The van der Waals surface area contributed by atoms with Crippen LogP contribution in [0, 0.1) is 0 Å². The lowest BCUT2D eigenvalue weighted by Crippen LogP contribution is -2.32. The Hall–Kier alpha value is -1.50. The first-order valence-corrected chi connectivity index (χ1v) is 5.85. The minimum atomic E-state index is -0.0184. The molecule has 0 bridgehead atoms. The maximum Gasteiger partial charge on any atom is 0.123 e. The molecule has 2 aromatic rings. The average Bonchev–Trinajstić information content (AvgIpc) is 2.25. The van der Waals surface area contributed by atoms with Crippen LogP contribution in [0.3, 0.4) is 0 Å². The van der Waals surface area contributed by atoms with Crippen molar-refractivity contribution in [1.82, 2.24) is 0 Å². The van der Waals surface area contributed by atoms with Crippen molar-refractivity contribution in [3.63, 3.8) is 0 Å². The first-order valence-electron chi connectivity index (χ1n) is 5.85. The topological polar surface area (TPSA) is 9.23 Å². The van der Waals surface area contributed by atoms with Gasteiger partial charge in [0.25, 0.3) is 0 Å². The molecule has 0 atom stereocenters. The third kappa shape index (κ3) is 1.57. The summed E-state index contributed by atoms with van der Waals surface area (Å²) in [6.45, 7) is 4.32. The van der Waals surface area contributed by atoms with E-state index in [0.717, 1.165) is 18.6 Å². The van der Waals surface area contributed by atoms with Crippen molar-refractivity contribution in [2.45, 2.75) is 32.3 Å². The van der Waals surface area contributed by atoms with Crippen LogP contribution in [0.4, 0.5) is 0 Å². The van der Waals surface area contributed by atoms with Crippen molar-refractivity contribution < 1.29 is 4.74 Å². The predicted molar refractivity (Wildman–Crippen MR) is 67.0 cm³/mol. The van der Waals surface area contributed by atoms with E-state index < -0.39 is 0 Å². The molecule has 1 nitrogen and oxygen atoms in total.